The SMILES string of the molecule is NCc1ccc(-c2sccc2Cl)c(F)c1. The van der Waals surface area contributed by atoms with E-state index in [1.165, 1.54) is 17.4 Å². The van der Waals surface area contributed by atoms with Gasteiger partial charge in [-0.05, 0) is 23.1 Å². The van der Waals surface area contributed by atoms with Crippen LogP contribution in [0, 0.1) is 5.82 Å². The van der Waals surface area contributed by atoms with E-state index in [0.29, 0.717) is 17.1 Å². The molecule has 0 saturated heterocycles. The summed E-state index contributed by atoms with van der Waals surface area (Å²) in [7, 11) is 0. The van der Waals surface area contributed by atoms with E-state index in [0.717, 1.165) is 10.4 Å². The summed E-state index contributed by atoms with van der Waals surface area (Å²) in [6.45, 7) is 0.343. The van der Waals surface area contributed by atoms with Gasteiger partial charge in [-0.2, -0.15) is 0 Å². The van der Waals surface area contributed by atoms with Crippen LogP contribution in [-0.4, -0.2) is 0 Å². The van der Waals surface area contributed by atoms with Crippen molar-refractivity contribution in [2.45, 2.75) is 6.54 Å². The third-order valence-electron chi connectivity index (χ3n) is 2.13. The number of nitrogens with two attached hydrogens (primary N) is 1. The van der Waals surface area contributed by atoms with Gasteiger partial charge in [0.2, 0.25) is 0 Å². The minimum Gasteiger partial charge on any atom is -0.326 e. The van der Waals surface area contributed by atoms with Gasteiger partial charge in [-0.1, -0.05) is 23.7 Å². The van der Waals surface area contributed by atoms with Gasteiger partial charge in [0.15, 0.2) is 0 Å². The van der Waals surface area contributed by atoms with E-state index in [9.17, 15) is 4.39 Å². The lowest BCUT2D eigenvalue weighted by molar-refractivity contribution is 0.629. The molecule has 0 aliphatic rings. The molecule has 1 aromatic carbocycles. The topological polar surface area (TPSA) is 26.0 Å². The molecule has 0 unspecified atom stereocenters. The van der Waals surface area contributed by atoms with Crippen LogP contribution in [0.1, 0.15) is 5.56 Å². The van der Waals surface area contributed by atoms with E-state index in [4.69, 9.17) is 17.3 Å². The molecule has 0 saturated carbocycles. The average Bonchev–Trinajstić information content (AvgIpc) is 2.64. The molecule has 0 fully saturated rings. The standard InChI is InChI=1S/C11H9ClFNS/c12-9-3-4-15-11(9)8-2-1-7(6-14)5-10(8)13/h1-5H,6,14H2. The second-order valence-corrected chi connectivity index (χ2v) is 4.44. The second-order valence-electron chi connectivity index (χ2n) is 3.12. The zero-order valence-electron chi connectivity index (χ0n) is 7.84. The zero-order valence-corrected chi connectivity index (χ0v) is 9.41. The fourth-order valence-electron chi connectivity index (χ4n) is 1.36. The fourth-order valence-corrected chi connectivity index (χ4v) is 2.54. The molecule has 1 nitrogen and oxygen atoms in total. The van der Waals surface area contributed by atoms with Gasteiger partial charge < -0.3 is 5.73 Å². The van der Waals surface area contributed by atoms with Crippen molar-refractivity contribution in [2.75, 3.05) is 0 Å². The first-order valence-corrected chi connectivity index (χ1v) is 5.70. The van der Waals surface area contributed by atoms with Crippen LogP contribution in [0.4, 0.5) is 4.39 Å². The van der Waals surface area contributed by atoms with Crippen LogP contribution in [0.15, 0.2) is 29.6 Å². The van der Waals surface area contributed by atoms with Crippen molar-refractivity contribution in [1.82, 2.24) is 0 Å². The first kappa shape index (κ1) is 10.6. The zero-order chi connectivity index (χ0) is 10.8. The van der Waals surface area contributed by atoms with E-state index in [1.54, 1.807) is 12.1 Å². The third kappa shape index (κ3) is 2.04. The molecule has 0 aliphatic heterocycles. The Bertz CT molecular complexity index is 481. The maximum Gasteiger partial charge on any atom is 0.132 e. The monoisotopic (exact) mass is 241 g/mol. The molecular weight excluding hydrogens is 233 g/mol. The Balaban J connectivity index is 2.50. The molecule has 0 aliphatic carbocycles. The molecular formula is C11H9ClFNS. The minimum atomic E-state index is -0.276. The van der Waals surface area contributed by atoms with E-state index in [2.05, 4.69) is 0 Å². The van der Waals surface area contributed by atoms with Crippen LogP contribution in [0.5, 0.6) is 0 Å². The highest BCUT2D eigenvalue weighted by Crippen LogP contribution is 2.34. The van der Waals surface area contributed by atoms with Gasteiger partial charge in [0.25, 0.3) is 0 Å². The summed E-state index contributed by atoms with van der Waals surface area (Å²) in [5, 5.41) is 2.42. The lowest BCUT2D eigenvalue weighted by Gasteiger charge is -2.03. The third-order valence-corrected chi connectivity index (χ3v) is 3.51. The summed E-state index contributed by atoms with van der Waals surface area (Å²) in [6.07, 6.45) is 0. The van der Waals surface area contributed by atoms with Crippen molar-refractivity contribution in [1.29, 1.82) is 0 Å². The van der Waals surface area contributed by atoms with E-state index >= 15 is 0 Å². The molecule has 0 spiro atoms. The highest BCUT2D eigenvalue weighted by molar-refractivity contribution is 7.14. The molecule has 1 heterocycles. The summed E-state index contributed by atoms with van der Waals surface area (Å²) in [5.41, 5.74) is 6.74. The fraction of sp³-hybridized carbons (Fsp3) is 0.0909. The maximum atomic E-state index is 13.7. The number of hydrogen-bond acceptors (Lipinski definition) is 2. The Kier molecular flexibility index (Phi) is 3.05. The molecule has 2 N–H and O–H groups in total. The molecule has 15 heavy (non-hydrogen) atoms. The van der Waals surface area contributed by atoms with Gasteiger partial charge in [0, 0.05) is 12.1 Å². The molecule has 4 heteroatoms. The lowest BCUT2D eigenvalue weighted by Crippen LogP contribution is -1.97. The highest BCUT2D eigenvalue weighted by Gasteiger charge is 2.10. The lowest BCUT2D eigenvalue weighted by atomic mass is 10.1. The quantitative estimate of drug-likeness (QED) is 0.853. The van der Waals surface area contributed by atoms with Crippen LogP contribution < -0.4 is 5.73 Å². The summed E-state index contributed by atoms with van der Waals surface area (Å²) in [5.74, 6) is -0.276. The van der Waals surface area contributed by atoms with E-state index < -0.39 is 0 Å². The average molecular weight is 242 g/mol. The first-order valence-electron chi connectivity index (χ1n) is 4.44. The Morgan fingerprint density at radius 3 is 2.67 bits per heavy atom. The number of rotatable bonds is 2. The van der Waals surface area contributed by atoms with Gasteiger partial charge >= 0.3 is 0 Å². The van der Waals surface area contributed by atoms with Gasteiger partial charge in [-0.3, -0.25) is 0 Å². The minimum absolute atomic E-state index is 0.276. The molecule has 78 valence electrons. The molecule has 0 amide bonds. The van der Waals surface area contributed by atoms with Crippen molar-refractivity contribution in [3.8, 4) is 10.4 Å². The summed E-state index contributed by atoms with van der Waals surface area (Å²) >= 11 is 7.37. The largest absolute Gasteiger partial charge is 0.326 e. The molecule has 0 radical (unpaired) electrons. The highest BCUT2D eigenvalue weighted by atomic mass is 35.5. The Morgan fingerprint density at radius 2 is 2.13 bits per heavy atom. The molecule has 1 aromatic heterocycles. The summed E-state index contributed by atoms with van der Waals surface area (Å²) < 4.78 is 13.7. The van der Waals surface area contributed by atoms with Crippen molar-refractivity contribution in [3.05, 3.63) is 46.0 Å². The van der Waals surface area contributed by atoms with Crippen LogP contribution >= 0.6 is 22.9 Å². The van der Waals surface area contributed by atoms with Crippen molar-refractivity contribution in [3.63, 3.8) is 0 Å². The van der Waals surface area contributed by atoms with Crippen LogP contribution in [0.3, 0.4) is 0 Å². The van der Waals surface area contributed by atoms with Gasteiger partial charge in [0.1, 0.15) is 5.82 Å². The Hall–Kier alpha value is -0.900. The number of halogens is 2. The maximum absolute atomic E-state index is 13.7. The second kappa shape index (κ2) is 4.31. The van der Waals surface area contributed by atoms with Crippen molar-refractivity contribution in [2.24, 2.45) is 5.73 Å². The molecule has 0 bridgehead atoms. The number of benzene rings is 1. The van der Waals surface area contributed by atoms with E-state index in [-0.39, 0.29) is 5.82 Å². The van der Waals surface area contributed by atoms with Gasteiger partial charge in [-0.15, -0.1) is 11.3 Å². The molecule has 2 aromatic rings. The summed E-state index contributed by atoms with van der Waals surface area (Å²) in [6, 6.07) is 6.74. The van der Waals surface area contributed by atoms with Gasteiger partial charge in [-0.25, -0.2) is 4.39 Å². The number of hydrogen-bond donors (Lipinski definition) is 1. The van der Waals surface area contributed by atoms with Gasteiger partial charge in [0.05, 0.1) is 9.90 Å². The predicted molar refractivity (Wildman–Crippen MR) is 62.6 cm³/mol. The van der Waals surface area contributed by atoms with E-state index in [1.807, 2.05) is 11.4 Å². The number of thiophene rings is 1. The smallest absolute Gasteiger partial charge is 0.132 e. The molecule has 0 atom stereocenters. The first-order chi connectivity index (χ1) is 7.22. The van der Waals surface area contributed by atoms with Crippen LogP contribution in [0.25, 0.3) is 10.4 Å². The van der Waals surface area contributed by atoms with Crippen LogP contribution in [0.2, 0.25) is 5.02 Å². The van der Waals surface area contributed by atoms with Crippen molar-refractivity contribution >= 4 is 22.9 Å². The van der Waals surface area contributed by atoms with Crippen molar-refractivity contribution < 1.29 is 4.39 Å². The Morgan fingerprint density at radius 1 is 1.33 bits per heavy atom. The normalized spacial score (nSPS) is 10.6. The predicted octanol–water partition coefficient (Wildman–Crippen LogP) is 3.67. The van der Waals surface area contributed by atoms with Crippen LogP contribution in [-0.2, 0) is 6.54 Å². The summed E-state index contributed by atoms with van der Waals surface area (Å²) in [4.78, 5) is 0.762. The Labute approximate surface area is 96.3 Å². The molecule has 2 rings (SSSR count).